The van der Waals surface area contributed by atoms with Crippen molar-refractivity contribution in [2.75, 3.05) is 0 Å². The van der Waals surface area contributed by atoms with Crippen LogP contribution in [0, 0.1) is 0 Å². The highest BCUT2D eigenvalue weighted by molar-refractivity contribution is 6.00. The summed E-state index contributed by atoms with van der Waals surface area (Å²) in [5.74, 6) is -1.04. The average molecular weight is 200 g/mol. The van der Waals surface area contributed by atoms with E-state index in [-0.39, 0.29) is 18.1 Å². The number of pyridine rings is 1. The van der Waals surface area contributed by atoms with Crippen molar-refractivity contribution in [2.45, 2.75) is 0 Å². The number of rotatable bonds is 1. The molecule has 0 spiro atoms. The maximum absolute atomic E-state index is 10.6. The Hall–Kier alpha value is -1.62. The van der Waals surface area contributed by atoms with Crippen molar-refractivity contribution in [2.24, 2.45) is 0 Å². The van der Waals surface area contributed by atoms with Crippen molar-refractivity contribution in [1.29, 1.82) is 0 Å². The summed E-state index contributed by atoms with van der Waals surface area (Å²) in [6.07, 6.45) is 2.88. The number of fused-ring (bicyclic) bond motifs is 1. The fourth-order valence-electron chi connectivity index (χ4n) is 1.04. The minimum atomic E-state index is -1.04. The molecular formula is C7H6ClN3O2. The van der Waals surface area contributed by atoms with Gasteiger partial charge in [0, 0.05) is 6.20 Å². The lowest BCUT2D eigenvalue weighted by Crippen LogP contribution is -1.99. The molecule has 5 nitrogen and oxygen atoms in total. The Morgan fingerprint density at radius 2 is 2.31 bits per heavy atom. The standard InChI is InChI=1S/C7H5N3O2.ClH/c11-7(12)6-4-3-9-10-5(4)1-2-8-6;/h1-3H,(H,9,10)(H,11,12);1H. The molecule has 0 saturated heterocycles. The zero-order valence-corrected chi connectivity index (χ0v) is 7.21. The van der Waals surface area contributed by atoms with Crippen LogP contribution in [0.15, 0.2) is 18.5 Å². The number of hydrogen-bond acceptors (Lipinski definition) is 3. The van der Waals surface area contributed by atoms with E-state index in [0.29, 0.717) is 10.9 Å². The van der Waals surface area contributed by atoms with Crippen molar-refractivity contribution < 1.29 is 9.90 Å². The van der Waals surface area contributed by atoms with Gasteiger partial charge in [0.1, 0.15) is 0 Å². The predicted octanol–water partition coefficient (Wildman–Crippen LogP) is 1.08. The Labute approximate surface area is 79.2 Å². The number of H-pyrrole nitrogens is 1. The van der Waals surface area contributed by atoms with E-state index in [1.807, 2.05) is 0 Å². The molecule has 0 saturated carbocycles. The fraction of sp³-hybridized carbons (Fsp3) is 0. The summed E-state index contributed by atoms with van der Waals surface area (Å²) in [6.45, 7) is 0. The van der Waals surface area contributed by atoms with Gasteiger partial charge < -0.3 is 5.11 Å². The summed E-state index contributed by atoms with van der Waals surface area (Å²) in [6, 6.07) is 1.68. The molecule has 0 aliphatic heterocycles. The summed E-state index contributed by atoms with van der Waals surface area (Å²) in [5.41, 5.74) is 0.712. The van der Waals surface area contributed by atoms with Crippen LogP contribution in [0.25, 0.3) is 10.9 Å². The third kappa shape index (κ3) is 1.46. The topological polar surface area (TPSA) is 78.9 Å². The highest BCUT2D eigenvalue weighted by Crippen LogP contribution is 2.12. The van der Waals surface area contributed by atoms with Crippen LogP contribution in [0.2, 0.25) is 0 Å². The quantitative estimate of drug-likeness (QED) is 0.720. The molecule has 68 valence electrons. The van der Waals surface area contributed by atoms with Gasteiger partial charge in [0.25, 0.3) is 0 Å². The number of aromatic amines is 1. The Morgan fingerprint density at radius 1 is 1.54 bits per heavy atom. The van der Waals surface area contributed by atoms with E-state index in [0.717, 1.165) is 0 Å². The van der Waals surface area contributed by atoms with Gasteiger partial charge in [-0.25, -0.2) is 9.78 Å². The third-order valence-electron chi connectivity index (χ3n) is 1.57. The first kappa shape index (κ1) is 9.47. The van der Waals surface area contributed by atoms with Gasteiger partial charge >= 0.3 is 5.97 Å². The zero-order valence-electron chi connectivity index (χ0n) is 6.39. The van der Waals surface area contributed by atoms with Gasteiger partial charge in [-0.3, -0.25) is 5.10 Å². The number of nitrogens with one attached hydrogen (secondary N) is 1. The van der Waals surface area contributed by atoms with Gasteiger partial charge in [-0.1, -0.05) is 0 Å². The smallest absolute Gasteiger partial charge is 0.355 e. The minimum Gasteiger partial charge on any atom is -0.476 e. The normalized spacial score (nSPS) is 9.54. The highest BCUT2D eigenvalue weighted by Gasteiger charge is 2.09. The molecule has 2 aromatic heterocycles. The summed E-state index contributed by atoms with van der Waals surface area (Å²) in [4.78, 5) is 14.3. The molecule has 13 heavy (non-hydrogen) atoms. The lowest BCUT2D eigenvalue weighted by Gasteiger charge is -1.92. The van der Waals surface area contributed by atoms with Crippen molar-refractivity contribution >= 4 is 29.3 Å². The first-order chi connectivity index (χ1) is 5.79. The Bertz CT molecular complexity index is 440. The van der Waals surface area contributed by atoms with Gasteiger partial charge in [0.05, 0.1) is 17.1 Å². The van der Waals surface area contributed by atoms with Crippen molar-refractivity contribution in [1.82, 2.24) is 15.2 Å². The molecule has 0 aromatic carbocycles. The first-order valence-electron chi connectivity index (χ1n) is 3.30. The van der Waals surface area contributed by atoms with Crippen LogP contribution < -0.4 is 0 Å². The van der Waals surface area contributed by atoms with E-state index >= 15 is 0 Å². The Morgan fingerprint density at radius 3 is 3.00 bits per heavy atom. The van der Waals surface area contributed by atoms with Crippen molar-refractivity contribution in [3.8, 4) is 0 Å². The lowest BCUT2D eigenvalue weighted by atomic mass is 10.2. The van der Waals surface area contributed by atoms with Crippen LogP contribution in [0.5, 0.6) is 0 Å². The molecule has 6 heteroatoms. The summed E-state index contributed by atoms with van der Waals surface area (Å²) < 4.78 is 0. The van der Waals surface area contributed by atoms with Gasteiger partial charge in [0.15, 0.2) is 5.69 Å². The molecule has 2 N–H and O–H groups in total. The molecule has 2 heterocycles. The molecule has 0 radical (unpaired) electrons. The van der Waals surface area contributed by atoms with E-state index in [1.54, 1.807) is 6.07 Å². The summed E-state index contributed by atoms with van der Waals surface area (Å²) >= 11 is 0. The van der Waals surface area contributed by atoms with Crippen molar-refractivity contribution in [3.05, 3.63) is 24.2 Å². The highest BCUT2D eigenvalue weighted by atomic mass is 35.5. The van der Waals surface area contributed by atoms with Gasteiger partial charge in [-0.15, -0.1) is 12.4 Å². The van der Waals surface area contributed by atoms with E-state index < -0.39 is 5.97 Å². The van der Waals surface area contributed by atoms with Gasteiger partial charge in [-0.2, -0.15) is 5.10 Å². The second-order valence-corrected chi connectivity index (χ2v) is 2.30. The molecule has 0 amide bonds. The molecule has 0 aliphatic rings. The molecule has 2 rings (SSSR count). The van der Waals surface area contributed by atoms with Crippen LogP contribution in [0.4, 0.5) is 0 Å². The maximum Gasteiger partial charge on any atom is 0.355 e. The lowest BCUT2D eigenvalue weighted by molar-refractivity contribution is 0.0693. The van der Waals surface area contributed by atoms with E-state index in [2.05, 4.69) is 15.2 Å². The number of aromatic nitrogens is 3. The first-order valence-corrected chi connectivity index (χ1v) is 3.30. The molecular weight excluding hydrogens is 194 g/mol. The van der Waals surface area contributed by atoms with Crippen LogP contribution in [-0.4, -0.2) is 26.3 Å². The minimum absolute atomic E-state index is 0. The number of halogens is 1. The number of carbonyl (C=O) groups is 1. The van der Waals surface area contributed by atoms with Crippen LogP contribution in [0.1, 0.15) is 10.5 Å². The van der Waals surface area contributed by atoms with Gasteiger partial charge in [0.2, 0.25) is 0 Å². The average Bonchev–Trinajstić information content (AvgIpc) is 2.49. The Balaban J connectivity index is 0.000000845. The largest absolute Gasteiger partial charge is 0.476 e. The Kier molecular flexibility index (Phi) is 2.48. The molecule has 0 aliphatic carbocycles. The van der Waals surface area contributed by atoms with E-state index in [9.17, 15) is 4.79 Å². The van der Waals surface area contributed by atoms with Crippen LogP contribution in [-0.2, 0) is 0 Å². The SMILES string of the molecule is Cl.O=C(O)c1nccc2[nH]ncc12. The molecule has 0 atom stereocenters. The van der Waals surface area contributed by atoms with E-state index in [4.69, 9.17) is 5.11 Å². The third-order valence-corrected chi connectivity index (χ3v) is 1.57. The molecule has 0 bridgehead atoms. The monoisotopic (exact) mass is 199 g/mol. The maximum atomic E-state index is 10.6. The zero-order chi connectivity index (χ0) is 8.55. The second-order valence-electron chi connectivity index (χ2n) is 2.30. The summed E-state index contributed by atoms with van der Waals surface area (Å²) in [7, 11) is 0. The van der Waals surface area contributed by atoms with Crippen LogP contribution >= 0.6 is 12.4 Å². The fourth-order valence-corrected chi connectivity index (χ4v) is 1.04. The number of carboxylic acids is 1. The second kappa shape index (κ2) is 3.40. The molecule has 0 fully saturated rings. The van der Waals surface area contributed by atoms with Gasteiger partial charge in [-0.05, 0) is 6.07 Å². The molecule has 2 aromatic rings. The number of hydrogen-bond donors (Lipinski definition) is 2. The summed E-state index contributed by atoms with van der Waals surface area (Å²) in [5, 5.41) is 15.6. The number of aromatic carboxylic acids is 1. The van der Waals surface area contributed by atoms with Crippen LogP contribution in [0.3, 0.4) is 0 Å². The van der Waals surface area contributed by atoms with E-state index in [1.165, 1.54) is 12.4 Å². The predicted molar refractivity (Wildman–Crippen MR) is 48.1 cm³/mol. The molecule has 0 unspecified atom stereocenters. The number of carboxylic acid groups (broad SMARTS) is 1. The number of nitrogens with zero attached hydrogens (tertiary/aromatic N) is 2. The van der Waals surface area contributed by atoms with Crippen molar-refractivity contribution in [3.63, 3.8) is 0 Å².